The van der Waals surface area contributed by atoms with Gasteiger partial charge in [-0.3, -0.25) is 9.59 Å². The van der Waals surface area contributed by atoms with Crippen LogP contribution in [-0.2, 0) is 16.2 Å². The summed E-state index contributed by atoms with van der Waals surface area (Å²) in [4.78, 5) is 26.2. The summed E-state index contributed by atoms with van der Waals surface area (Å²) >= 11 is 14.4. The van der Waals surface area contributed by atoms with Crippen LogP contribution in [-0.4, -0.2) is 18.7 Å². The number of halogens is 3. The second kappa shape index (κ2) is 10.1. The smallest absolute Gasteiger partial charge is 0.174 e. The number of hydrogen-bond acceptors (Lipinski definition) is 5. The van der Waals surface area contributed by atoms with Crippen molar-refractivity contribution in [3.63, 3.8) is 0 Å². The van der Waals surface area contributed by atoms with Gasteiger partial charge in [0.25, 0.3) is 0 Å². The SMILES string of the molecule is COc1cc(C2C3=C(CCCC3=O)NC3=C2C(=O)CCC3)cc(I)c1OCc1ccc(Cl)c(Cl)c1. The van der Waals surface area contributed by atoms with Gasteiger partial charge in [-0.25, -0.2) is 0 Å². The van der Waals surface area contributed by atoms with E-state index in [1.54, 1.807) is 19.2 Å². The molecular formula is C27H24Cl2INO4. The summed E-state index contributed by atoms with van der Waals surface area (Å²) in [5.74, 6) is 1.00. The van der Waals surface area contributed by atoms with Crippen LogP contribution >= 0.6 is 45.8 Å². The van der Waals surface area contributed by atoms with Gasteiger partial charge in [-0.15, -0.1) is 0 Å². The van der Waals surface area contributed by atoms with Gasteiger partial charge in [0, 0.05) is 41.3 Å². The van der Waals surface area contributed by atoms with Crippen LogP contribution in [0.2, 0.25) is 10.0 Å². The number of hydrogen-bond donors (Lipinski definition) is 1. The van der Waals surface area contributed by atoms with Crippen LogP contribution in [0.15, 0.2) is 52.9 Å². The molecule has 0 amide bonds. The van der Waals surface area contributed by atoms with E-state index in [1.807, 2.05) is 18.2 Å². The summed E-state index contributed by atoms with van der Waals surface area (Å²) in [5.41, 5.74) is 5.15. The number of benzene rings is 2. The Labute approximate surface area is 228 Å². The van der Waals surface area contributed by atoms with Gasteiger partial charge in [-0.2, -0.15) is 0 Å². The molecule has 0 unspecified atom stereocenters. The Hall–Kier alpha value is -2.03. The molecule has 0 spiro atoms. The summed E-state index contributed by atoms with van der Waals surface area (Å²) in [6, 6.07) is 9.29. The van der Waals surface area contributed by atoms with E-state index in [4.69, 9.17) is 32.7 Å². The number of ether oxygens (including phenoxy) is 2. The fraction of sp³-hybridized carbons (Fsp3) is 0.333. The molecule has 35 heavy (non-hydrogen) atoms. The number of Topliss-reactive ketones (excluding diaryl/α,β-unsaturated/α-hetero) is 2. The van der Waals surface area contributed by atoms with Crippen LogP contribution in [0.3, 0.4) is 0 Å². The minimum absolute atomic E-state index is 0.114. The maximum atomic E-state index is 13.1. The molecule has 2 aromatic carbocycles. The molecule has 3 aliphatic rings. The quantitative estimate of drug-likeness (QED) is 0.368. The number of methoxy groups -OCH3 is 1. The zero-order valence-electron chi connectivity index (χ0n) is 19.2. The predicted molar refractivity (Wildman–Crippen MR) is 144 cm³/mol. The zero-order valence-corrected chi connectivity index (χ0v) is 22.9. The van der Waals surface area contributed by atoms with Crippen LogP contribution in [0.25, 0.3) is 0 Å². The van der Waals surface area contributed by atoms with Crippen LogP contribution in [0.4, 0.5) is 0 Å². The Balaban J connectivity index is 1.54. The van der Waals surface area contributed by atoms with E-state index < -0.39 is 0 Å². The van der Waals surface area contributed by atoms with Gasteiger partial charge in [0.2, 0.25) is 0 Å². The molecule has 1 N–H and O–H groups in total. The first-order valence-corrected chi connectivity index (χ1v) is 13.4. The van der Waals surface area contributed by atoms with Crippen molar-refractivity contribution >= 4 is 57.4 Å². The molecule has 1 heterocycles. The second-order valence-electron chi connectivity index (χ2n) is 8.97. The van der Waals surface area contributed by atoms with E-state index in [0.717, 1.165) is 62.9 Å². The third-order valence-corrected chi connectivity index (χ3v) is 8.28. The van der Waals surface area contributed by atoms with Gasteiger partial charge in [0.1, 0.15) is 6.61 Å². The molecule has 0 fully saturated rings. The minimum Gasteiger partial charge on any atom is -0.493 e. The molecule has 8 heteroatoms. The highest BCUT2D eigenvalue weighted by atomic mass is 127. The second-order valence-corrected chi connectivity index (χ2v) is 10.9. The highest BCUT2D eigenvalue weighted by Crippen LogP contribution is 2.47. The Morgan fingerprint density at radius 2 is 1.60 bits per heavy atom. The van der Waals surface area contributed by atoms with Gasteiger partial charge in [0.05, 0.1) is 20.7 Å². The van der Waals surface area contributed by atoms with Crippen molar-refractivity contribution < 1.29 is 19.1 Å². The van der Waals surface area contributed by atoms with Crippen molar-refractivity contribution in [1.82, 2.24) is 5.32 Å². The van der Waals surface area contributed by atoms with E-state index in [1.165, 1.54) is 0 Å². The largest absolute Gasteiger partial charge is 0.493 e. The van der Waals surface area contributed by atoms with Gasteiger partial charge >= 0.3 is 0 Å². The van der Waals surface area contributed by atoms with Crippen LogP contribution < -0.4 is 14.8 Å². The fourth-order valence-corrected chi connectivity index (χ4v) is 6.25. The summed E-state index contributed by atoms with van der Waals surface area (Å²) in [6.07, 6.45) is 4.32. The fourth-order valence-electron chi connectivity index (χ4n) is 5.15. The van der Waals surface area contributed by atoms with Crippen molar-refractivity contribution in [2.75, 3.05) is 7.11 Å². The molecular weight excluding hydrogens is 600 g/mol. The number of nitrogens with one attached hydrogen (secondary N) is 1. The molecule has 5 nitrogen and oxygen atoms in total. The van der Waals surface area contributed by atoms with Gasteiger partial charge in [-0.05, 0) is 83.7 Å². The first kappa shape index (κ1) is 24.7. The molecule has 2 aliphatic carbocycles. The van der Waals surface area contributed by atoms with Crippen molar-refractivity contribution in [2.45, 2.75) is 51.0 Å². The third-order valence-electron chi connectivity index (χ3n) is 6.74. The maximum absolute atomic E-state index is 13.1. The van der Waals surface area contributed by atoms with E-state index >= 15 is 0 Å². The van der Waals surface area contributed by atoms with E-state index in [-0.39, 0.29) is 24.1 Å². The van der Waals surface area contributed by atoms with Crippen LogP contribution in [0, 0.1) is 3.57 Å². The highest BCUT2D eigenvalue weighted by molar-refractivity contribution is 14.1. The molecule has 5 rings (SSSR count). The number of ketones is 2. The van der Waals surface area contributed by atoms with Gasteiger partial charge < -0.3 is 14.8 Å². The van der Waals surface area contributed by atoms with E-state index in [2.05, 4.69) is 27.9 Å². The predicted octanol–water partition coefficient (Wildman–Crippen LogP) is 6.89. The van der Waals surface area contributed by atoms with Crippen LogP contribution in [0.5, 0.6) is 11.5 Å². The lowest BCUT2D eigenvalue weighted by atomic mass is 9.71. The standard InChI is InChI=1S/C27H24Cl2INO4/c1-34-23-12-15(11-18(30)27(23)35-13-14-8-9-16(28)17(29)10-14)24-25-19(4-2-6-21(25)32)31-20-5-3-7-22(33)26(20)24/h8-12,24,31H,2-7,13H2,1H3. The molecule has 182 valence electrons. The lowest BCUT2D eigenvalue weighted by molar-refractivity contribution is -0.116. The van der Waals surface area contributed by atoms with E-state index in [9.17, 15) is 9.59 Å². The molecule has 0 radical (unpaired) electrons. The van der Waals surface area contributed by atoms with Crippen molar-refractivity contribution in [3.8, 4) is 11.5 Å². The van der Waals surface area contributed by atoms with Crippen molar-refractivity contribution in [1.29, 1.82) is 0 Å². The molecule has 2 aromatic rings. The zero-order chi connectivity index (χ0) is 24.7. The molecule has 0 bridgehead atoms. The summed E-state index contributed by atoms with van der Waals surface area (Å²) in [6.45, 7) is 0.289. The lowest BCUT2D eigenvalue weighted by Gasteiger charge is -2.37. The summed E-state index contributed by atoms with van der Waals surface area (Å²) in [5, 5.41) is 4.42. The Morgan fingerprint density at radius 1 is 0.943 bits per heavy atom. The first-order chi connectivity index (χ1) is 16.9. The third kappa shape index (κ3) is 4.72. The first-order valence-electron chi connectivity index (χ1n) is 11.6. The number of rotatable bonds is 5. The Kier molecular flexibility index (Phi) is 7.15. The van der Waals surface area contributed by atoms with Crippen molar-refractivity contribution in [2.24, 2.45) is 0 Å². The summed E-state index contributed by atoms with van der Waals surface area (Å²) in [7, 11) is 1.59. The van der Waals surface area contributed by atoms with Gasteiger partial charge in [-0.1, -0.05) is 29.3 Å². The molecule has 0 saturated heterocycles. The Morgan fingerprint density at radius 3 is 2.20 bits per heavy atom. The number of carbonyl (C=O) groups is 2. The van der Waals surface area contributed by atoms with Gasteiger partial charge in [0.15, 0.2) is 23.1 Å². The molecule has 1 aliphatic heterocycles. The maximum Gasteiger partial charge on any atom is 0.174 e. The normalized spacial score (nSPS) is 18.3. The summed E-state index contributed by atoms with van der Waals surface area (Å²) < 4.78 is 12.7. The number of carbonyl (C=O) groups excluding carboxylic acids is 2. The molecule has 0 atom stereocenters. The molecule has 0 aromatic heterocycles. The minimum atomic E-state index is -0.381. The average Bonchev–Trinajstić information content (AvgIpc) is 2.84. The van der Waals surface area contributed by atoms with Crippen molar-refractivity contribution in [3.05, 3.63) is 77.6 Å². The number of allylic oxidation sites excluding steroid dienone is 4. The highest BCUT2D eigenvalue weighted by Gasteiger charge is 2.40. The van der Waals surface area contributed by atoms with Crippen LogP contribution in [0.1, 0.15) is 55.6 Å². The average molecular weight is 624 g/mol. The van der Waals surface area contributed by atoms with E-state index in [0.29, 0.717) is 34.4 Å². The monoisotopic (exact) mass is 623 g/mol. The topological polar surface area (TPSA) is 64.6 Å². The number of dihydropyridines is 1. The molecule has 0 saturated carbocycles. The lowest BCUT2D eigenvalue weighted by Crippen LogP contribution is -2.36. The Bertz CT molecular complexity index is 1260.